The number of H-pyrrole nitrogens is 1. The largest absolute Gasteiger partial charge is 0.493 e. The van der Waals surface area contributed by atoms with Crippen LogP contribution in [0.4, 0.5) is 4.39 Å². The molecule has 0 saturated carbocycles. The maximum absolute atomic E-state index is 13.9. The first-order chi connectivity index (χ1) is 18.5. The van der Waals surface area contributed by atoms with Gasteiger partial charge in [0.15, 0.2) is 11.5 Å². The Hall–Kier alpha value is -4.33. The smallest absolute Gasteiger partial charge is 0.246 e. The average Bonchev–Trinajstić information content (AvgIpc) is 3.32. The van der Waals surface area contributed by atoms with E-state index in [9.17, 15) is 14.0 Å². The van der Waals surface area contributed by atoms with Gasteiger partial charge in [0.2, 0.25) is 11.8 Å². The molecule has 2 atom stereocenters. The van der Waals surface area contributed by atoms with Crippen LogP contribution in [0.15, 0.2) is 66.7 Å². The molecule has 1 aromatic heterocycles. The molecule has 3 aromatic carbocycles. The molecule has 0 aliphatic carbocycles. The minimum atomic E-state index is -0.630. The zero-order valence-corrected chi connectivity index (χ0v) is 21.2. The summed E-state index contributed by atoms with van der Waals surface area (Å²) in [5, 5.41) is 1.05. The lowest BCUT2D eigenvalue weighted by Crippen LogP contribution is -2.63. The number of carbonyl (C=O) groups excluding carboxylic acids is 2. The number of nitrogens with one attached hydrogen (secondary N) is 1. The van der Waals surface area contributed by atoms with Crippen molar-refractivity contribution in [2.24, 2.45) is 0 Å². The summed E-state index contributed by atoms with van der Waals surface area (Å²) in [6.45, 7) is 0.387. The molecule has 8 heteroatoms. The number of nitrogens with zero attached hydrogens (tertiary/aromatic N) is 2. The molecule has 2 aliphatic rings. The Morgan fingerprint density at radius 3 is 2.50 bits per heavy atom. The SMILES string of the molecule is COc1ccc(C2c3[nH]c4ccccc4c3CC3C(=O)N(CCc4ccc(F)cc4)CC(=O)N32)cc1OC. The van der Waals surface area contributed by atoms with E-state index in [0.717, 1.165) is 33.3 Å². The maximum atomic E-state index is 13.9. The van der Waals surface area contributed by atoms with Gasteiger partial charge in [-0.05, 0) is 53.4 Å². The molecular formula is C30H28FN3O4. The van der Waals surface area contributed by atoms with Crippen LogP contribution >= 0.6 is 0 Å². The second kappa shape index (κ2) is 9.52. The maximum Gasteiger partial charge on any atom is 0.246 e. The fourth-order valence-corrected chi connectivity index (χ4v) is 5.80. The number of benzene rings is 3. The van der Waals surface area contributed by atoms with Crippen LogP contribution in [0.3, 0.4) is 0 Å². The highest BCUT2D eigenvalue weighted by Gasteiger charge is 2.48. The molecule has 38 heavy (non-hydrogen) atoms. The molecule has 2 aliphatic heterocycles. The monoisotopic (exact) mass is 513 g/mol. The van der Waals surface area contributed by atoms with Gasteiger partial charge in [0.05, 0.1) is 26.8 Å². The first-order valence-electron chi connectivity index (χ1n) is 12.6. The van der Waals surface area contributed by atoms with Gasteiger partial charge in [0, 0.05) is 29.6 Å². The van der Waals surface area contributed by atoms with E-state index in [1.165, 1.54) is 12.1 Å². The fraction of sp³-hybridized carbons (Fsp3) is 0.267. The third-order valence-electron chi connectivity index (χ3n) is 7.65. The summed E-state index contributed by atoms with van der Waals surface area (Å²) >= 11 is 0. The Bertz CT molecular complexity index is 1530. The van der Waals surface area contributed by atoms with E-state index in [2.05, 4.69) is 4.98 Å². The molecule has 7 nitrogen and oxygen atoms in total. The third-order valence-corrected chi connectivity index (χ3v) is 7.65. The quantitative estimate of drug-likeness (QED) is 0.418. The molecule has 3 heterocycles. The first kappa shape index (κ1) is 24.0. The molecule has 1 saturated heterocycles. The van der Waals surface area contributed by atoms with Crippen molar-refractivity contribution in [3.05, 3.63) is 94.9 Å². The number of fused-ring (bicyclic) bond motifs is 4. The summed E-state index contributed by atoms with van der Waals surface area (Å²) in [6.07, 6.45) is 0.976. The molecule has 2 amide bonds. The molecule has 0 radical (unpaired) electrons. The average molecular weight is 514 g/mol. The van der Waals surface area contributed by atoms with Crippen LogP contribution in [-0.2, 0) is 22.4 Å². The van der Waals surface area contributed by atoms with E-state index in [1.54, 1.807) is 36.2 Å². The number of hydrogen-bond acceptors (Lipinski definition) is 4. The number of piperazine rings is 1. The molecule has 4 aromatic rings. The lowest BCUT2D eigenvalue weighted by Gasteiger charge is -2.47. The Morgan fingerprint density at radius 1 is 0.974 bits per heavy atom. The van der Waals surface area contributed by atoms with Crippen LogP contribution in [0.25, 0.3) is 10.9 Å². The predicted molar refractivity (Wildman–Crippen MR) is 141 cm³/mol. The van der Waals surface area contributed by atoms with Gasteiger partial charge in [-0.25, -0.2) is 4.39 Å². The van der Waals surface area contributed by atoms with Gasteiger partial charge in [-0.1, -0.05) is 36.4 Å². The molecule has 1 N–H and O–H groups in total. The van der Waals surface area contributed by atoms with Crippen LogP contribution in [0, 0.1) is 5.82 Å². The zero-order chi connectivity index (χ0) is 26.4. The van der Waals surface area contributed by atoms with Crippen molar-refractivity contribution in [3.63, 3.8) is 0 Å². The highest BCUT2D eigenvalue weighted by Crippen LogP contribution is 2.44. The van der Waals surface area contributed by atoms with E-state index in [1.807, 2.05) is 42.5 Å². The van der Waals surface area contributed by atoms with Crippen molar-refractivity contribution in [1.82, 2.24) is 14.8 Å². The number of methoxy groups -OCH3 is 2. The summed E-state index contributed by atoms with van der Waals surface area (Å²) < 4.78 is 24.3. The second-order valence-corrected chi connectivity index (χ2v) is 9.74. The van der Waals surface area contributed by atoms with Gasteiger partial charge in [-0.3, -0.25) is 9.59 Å². The van der Waals surface area contributed by atoms with Crippen molar-refractivity contribution in [2.75, 3.05) is 27.3 Å². The van der Waals surface area contributed by atoms with Gasteiger partial charge in [-0.15, -0.1) is 0 Å². The van der Waals surface area contributed by atoms with Crippen LogP contribution in [0.1, 0.15) is 28.4 Å². The van der Waals surface area contributed by atoms with E-state index in [0.29, 0.717) is 30.9 Å². The van der Waals surface area contributed by atoms with E-state index in [4.69, 9.17) is 9.47 Å². The fourth-order valence-electron chi connectivity index (χ4n) is 5.80. The number of rotatable bonds is 6. The van der Waals surface area contributed by atoms with Crippen molar-refractivity contribution in [2.45, 2.75) is 24.9 Å². The lowest BCUT2D eigenvalue weighted by molar-refractivity contribution is -0.158. The zero-order valence-electron chi connectivity index (χ0n) is 21.2. The molecule has 0 spiro atoms. The predicted octanol–water partition coefficient (Wildman–Crippen LogP) is 4.25. The Balaban J connectivity index is 1.40. The van der Waals surface area contributed by atoms with Crippen molar-refractivity contribution in [3.8, 4) is 11.5 Å². The minimum absolute atomic E-state index is 0.00409. The molecule has 1 fully saturated rings. The highest BCUT2D eigenvalue weighted by molar-refractivity contribution is 5.97. The minimum Gasteiger partial charge on any atom is -0.493 e. The topological polar surface area (TPSA) is 74.9 Å². The standard InChI is InChI=1S/C30H28FN3O4/c1-37-25-12-9-19(15-26(25)38-2)29-28-22(21-5-3-4-6-23(21)32-28)16-24-30(36)33(17-27(35)34(24)29)14-13-18-7-10-20(31)11-8-18/h3-12,15,24,29,32H,13-14,16-17H2,1-2H3. The number of aromatic amines is 1. The van der Waals surface area contributed by atoms with E-state index in [-0.39, 0.29) is 24.2 Å². The number of ether oxygens (including phenoxy) is 2. The first-order valence-corrected chi connectivity index (χ1v) is 12.6. The van der Waals surface area contributed by atoms with Gasteiger partial charge in [0.1, 0.15) is 11.9 Å². The number of carbonyl (C=O) groups is 2. The Labute approximate surface area is 219 Å². The normalized spacial score (nSPS) is 18.9. The molecule has 6 rings (SSSR count). The van der Waals surface area contributed by atoms with Crippen molar-refractivity contribution >= 4 is 22.7 Å². The number of halogens is 1. The second-order valence-electron chi connectivity index (χ2n) is 9.74. The summed E-state index contributed by atoms with van der Waals surface area (Å²) in [4.78, 5) is 34.5. The summed E-state index contributed by atoms with van der Waals surface area (Å²) in [5.41, 5.74) is 4.68. The lowest BCUT2D eigenvalue weighted by atomic mass is 9.86. The summed E-state index contributed by atoms with van der Waals surface area (Å²) in [6, 6.07) is 18.8. The van der Waals surface area contributed by atoms with Crippen molar-refractivity contribution < 1.29 is 23.5 Å². The highest BCUT2D eigenvalue weighted by atomic mass is 19.1. The molecule has 0 bridgehead atoms. The van der Waals surface area contributed by atoms with Crippen LogP contribution < -0.4 is 9.47 Å². The van der Waals surface area contributed by atoms with Crippen LogP contribution in [0.2, 0.25) is 0 Å². The van der Waals surface area contributed by atoms with E-state index < -0.39 is 12.1 Å². The van der Waals surface area contributed by atoms with Gasteiger partial charge >= 0.3 is 0 Å². The van der Waals surface area contributed by atoms with Gasteiger partial charge in [0.25, 0.3) is 0 Å². The summed E-state index contributed by atoms with van der Waals surface area (Å²) in [7, 11) is 3.16. The Morgan fingerprint density at radius 2 is 1.74 bits per heavy atom. The van der Waals surface area contributed by atoms with E-state index >= 15 is 0 Å². The van der Waals surface area contributed by atoms with Gasteiger partial charge < -0.3 is 24.3 Å². The third kappa shape index (κ3) is 3.97. The van der Waals surface area contributed by atoms with Gasteiger partial charge in [-0.2, -0.15) is 0 Å². The number of hydrogen-bond donors (Lipinski definition) is 1. The van der Waals surface area contributed by atoms with Crippen LogP contribution in [0.5, 0.6) is 11.5 Å². The van der Waals surface area contributed by atoms with Crippen molar-refractivity contribution in [1.29, 1.82) is 0 Å². The number of amides is 2. The molecule has 194 valence electrons. The summed E-state index contributed by atoms with van der Waals surface area (Å²) in [5.74, 6) is 0.660. The number of para-hydroxylation sites is 1. The van der Waals surface area contributed by atoms with Crippen LogP contribution in [-0.4, -0.2) is 59.9 Å². The molecule has 2 unspecified atom stereocenters. The molecular weight excluding hydrogens is 485 g/mol. The number of aromatic nitrogens is 1. The Kier molecular flexibility index (Phi) is 6.02.